The van der Waals surface area contributed by atoms with Crippen LogP contribution in [0.15, 0.2) is 51.7 Å². The standard InChI is InChI=1S/C16H14ClNO3/c1-11-10-12(6-7-13(11)17)20-9-8-18-14-4-2-3-5-15(14)21-16(18)19/h2-7,10H,8-9H2,1H3. The van der Waals surface area contributed by atoms with Crippen molar-refractivity contribution in [1.82, 2.24) is 4.57 Å². The molecule has 0 atom stereocenters. The number of para-hydroxylation sites is 2. The normalized spacial score (nSPS) is 11.0. The van der Waals surface area contributed by atoms with E-state index in [9.17, 15) is 4.79 Å². The second-order valence-corrected chi connectivity index (χ2v) is 5.15. The molecule has 3 aromatic rings. The van der Waals surface area contributed by atoms with Gasteiger partial charge in [-0.15, -0.1) is 0 Å². The lowest BCUT2D eigenvalue weighted by molar-refractivity contribution is 0.294. The molecule has 3 rings (SSSR count). The van der Waals surface area contributed by atoms with Gasteiger partial charge in [0.05, 0.1) is 12.1 Å². The molecule has 5 heteroatoms. The van der Waals surface area contributed by atoms with Crippen LogP contribution < -0.4 is 10.5 Å². The van der Waals surface area contributed by atoms with E-state index in [1.807, 2.05) is 37.3 Å². The Bertz CT molecular complexity index is 835. The maximum absolute atomic E-state index is 11.8. The number of hydrogen-bond acceptors (Lipinski definition) is 3. The van der Waals surface area contributed by atoms with Crippen molar-refractivity contribution in [2.45, 2.75) is 13.5 Å². The van der Waals surface area contributed by atoms with Crippen LogP contribution in [0.1, 0.15) is 5.56 Å². The van der Waals surface area contributed by atoms with Crippen LogP contribution in [0.4, 0.5) is 0 Å². The summed E-state index contributed by atoms with van der Waals surface area (Å²) in [4.78, 5) is 11.8. The van der Waals surface area contributed by atoms with Gasteiger partial charge in [-0.3, -0.25) is 4.57 Å². The van der Waals surface area contributed by atoms with Crippen LogP contribution in [0, 0.1) is 6.92 Å². The highest BCUT2D eigenvalue weighted by Crippen LogP contribution is 2.21. The van der Waals surface area contributed by atoms with Gasteiger partial charge in [0.15, 0.2) is 5.58 Å². The lowest BCUT2D eigenvalue weighted by Crippen LogP contribution is -2.18. The highest BCUT2D eigenvalue weighted by atomic mass is 35.5. The molecule has 0 bridgehead atoms. The van der Waals surface area contributed by atoms with Crippen LogP contribution in [0.3, 0.4) is 0 Å². The predicted molar refractivity (Wildman–Crippen MR) is 82.2 cm³/mol. The Kier molecular flexibility index (Phi) is 3.71. The van der Waals surface area contributed by atoms with E-state index in [1.54, 1.807) is 16.7 Å². The molecule has 0 saturated heterocycles. The minimum atomic E-state index is -0.368. The Morgan fingerprint density at radius 1 is 1.24 bits per heavy atom. The number of fused-ring (bicyclic) bond motifs is 1. The summed E-state index contributed by atoms with van der Waals surface area (Å²) in [6, 6.07) is 12.8. The summed E-state index contributed by atoms with van der Waals surface area (Å²) in [5.41, 5.74) is 2.32. The first-order valence-corrected chi connectivity index (χ1v) is 7.00. The molecule has 4 nitrogen and oxygen atoms in total. The van der Waals surface area contributed by atoms with Crippen LogP contribution in [-0.2, 0) is 6.54 Å². The Balaban J connectivity index is 1.73. The smallest absolute Gasteiger partial charge is 0.420 e. The molecule has 0 radical (unpaired) electrons. The van der Waals surface area contributed by atoms with E-state index in [4.69, 9.17) is 20.8 Å². The minimum Gasteiger partial charge on any atom is -0.492 e. The largest absolute Gasteiger partial charge is 0.492 e. The zero-order chi connectivity index (χ0) is 14.8. The fourth-order valence-electron chi connectivity index (χ4n) is 2.19. The van der Waals surface area contributed by atoms with Crippen molar-refractivity contribution in [2.75, 3.05) is 6.61 Å². The van der Waals surface area contributed by atoms with E-state index in [0.29, 0.717) is 23.8 Å². The van der Waals surface area contributed by atoms with Crippen molar-refractivity contribution in [3.8, 4) is 5.75 Å². The molecular weight excluding hydrogens is 290 g/mol. The third-order valence-electron chi connectivity index (χ3n) is 3.29. The molecule has 108 valence electrons. The average Bonchev–Trinajstić information content (AvgIpc) is 2.79. The summed E-state index contributed by atoms with van der Waals surface area (Å²) < 4.78 is 12.4. The number of halogens is 1. The number of aromatic nitrogens is 1. The van der Waals surface area contributed by atoms with E-state index >= 15 is 0 Å². The van der Waals surface area contributed by atoms with Gasteiger partial charge < -0.3 is 9.15 Å². The van der Waals surface area contributed by atoms with Gasteiger partial charge in [0.25, 0.3) is 0 Å². The summed E-state index contributed by atoms with van der Waals surface area (Å²) in [5.74, 6) is 0.366. The number of oxazole rings is 1. The maximum atomic E-state index is 11.8. The third-order valence-corrected chi connectivity index (χ3v) is 3.71. The third kappa shape index (κ3) is 2.81. The van der Waals surface area contributed by atoms with Crippen molar-refractivity contribution in [3.63, 3.8) is 0 Å². The zero-order valence-corrected chi connectivity index (χ0v) is 12.3. The van der Waals surface area contributed by atoms with E-state index in [1.165, 1.54) is 0 Å². The lowest BCUT2D eigenvalue weighted by Gasteiger charge is -2.08. The topological polar surface area (TPSA) is 44.4 Å². The van der Waals surface area contributed by atoms with Gasteiger partial charge in [-0.2, -0.15) is 0 Å². The van der Waals surface area contributed by atoms with Crippen molar-refractivity contribution in [3.05, 3.63) is 63.6 Å². The first kappa shape index (κ1) is 13.8. The average molecular weight is 304 g/mol. The van der Waals surface area contributed by atoms with Crippen molar-refractivity contribution >= 4 is 22.7 Å². The van der Waals surface area contributed by atoms with Crippen LogP contribution in [-0.4, -0.2) is 11.2 Å². The summed E-state index contributed by atoms with van der Waals surface area (Å²) in [6.45, 7) is 2.73. The molecule has 0 fully saturated rings. The van der Waals surface area contributed by atoms with Gasteiger partial charge >= 0.3 is 5.76 Å². The Hall–Kier alpha value is -2.20. The minimum absolute atomic E-state index is 0.368. The van der Waals surface area contributed by atoms with E-state index < -0.39 is 0 Å². The number of aryl methyl sites for hydroxylation is 1. The van der Waals surface area contributed by atoms with Gasteiger partial charge in [0.1, 0.15) is 12.4 Å². The number of rotatable bonds is 4. The maximum Gasteiger partial charge on any atom is 0.420 e. The summed E-state index contributed by atoms with van der Waals surface area (Å²) >= 11 is 5.97. The molecule has 0 amide bonds. The molecule has 0 N–H and O–H groups in total. The fourth-order valence-corrected chi connectivity index (χ4v) is 2.31. The van der Waals surface area contributed by atoms with Crippen LogP contribution in [0.2, 0.25) is 5.02 Å². The number of benzene rings is 2. The monoisotopic (exact) mass is 303 g/mol. The van der Waals surface area contributed by atoms with Gasteiger partial charge in [0.2, 0.25) is 0 Å². The molecule has 0 spiro atoms. The lowest BCUT2D eigenvalue weighted by atomic mass is 10.2. The fraction of sp³-hybridized carbons (Fsp3) is 0.188. The molecule has 2 aromatic carbocycles. The zero-order valence-electron chi connectivity index (χ0n) is 11.5. The first-order valence-electron chi connectivity index (χ1n) is 6.62. The van der Waals surface area contributed by atoms with Gasteiger partial charge in [-0.05, 0) is 42.8 Å². The number of hydrogen-bond donors (Lipinski definition) is 0. The predicted octanol–water partition coefficient (Wildman–Crippen LogP) is 3.64. The van der Waals surface area contributed by atoms with Gasteiger partial charge in [-0.25, -0.2) is 4.79 Å². The molecular formula is C16H14ClNO3. The summed E-state index contributed by atoms with van der Waals surface area (Å²) in [6.07, 6.45) is 0. The first-order chi connectivity index (χ1) is 10.1. The van der Waals surface area contributed by atoms with Gasteiger partial charge in [-0.1, -0.05) is 23.7 Å². The van der Waals surface area contributed by atoms with Crippen molar-refractivity contribution in [1.29, 1.82) is 0 Å². The molecule has 1 aromatic heterocycles. The summed E-state index contributed by atoms with van der Waals surface area (Å²) in [7, 11) is 0. The SMILES string of the molecule is Cc1cc(OCCn2c(=O)oc3ccccc32)ccc1Cl. The Morgan fingerprint density at radius 2 is 2.05 bits per heavy atom. The Morgan fingerprint density at radius 3 is 2.86 bits per heavy atom. The van der Waals surface area contributed by atoms with E-state index in [0.717, 1.165) is 16.8 Å². The van der Waals surface area contributed by atoms with Crippen LogP contribution >= 0.6 is 11.6 Å². The molecule has 0 aliphatic rings. The quantitative estimate of drug-likeness (QED) is 0.739. The second kappa shape index (κ2) is 5.66. The molecule has 21 heavy (non-hydrogen) atoms. The molecule has 0 unspecified atom stereocenters. The highest BCUT2D eigenvalue weighted by Gasteiger charge is 2.08. The molecule has 0 aliphatic heterocycles. The van der Waals surface area contributed by atoms with E-state index in [-0.39, 0.29) is 5.76 Å². The summed E-state index contributed by atoms with van der Waals surface area (Å²) in [5, 5.41) is 0.708. The van der Waals surface area contributed by atoms with Crippen molar-refractivity contribution < 1.29 is 9.15 Å². The highest BCUT2D eigenvalue weighted by molar-refractivity contribution is 6.31. The van der Waals surface area contributed by atoms with E-state index in [2.05, 4.69) is 0 Å². The van der Waals surface area contributed by atoms with Crippen molar-refractivity contribution in [2.24, 2.45) is 0 Å². The molecule has 0 aliphatic carbocycles. The molecule has 0 saturated carbocycles. The Labute approximate surface area is 126 Å². The second-order valence-electron chi connectivity index (χ2n) is 4.75. The number of ether oxygens (including phenoxy) is 1. The van der Waals surface area contributed by atoms with Gasteiger partial charge in [0, 0.05) is 5.02 Å². The van der Waals surface area contributed by atoms with Crippen LogP contribution in [0.5, 0.6) is 5.75 Å². The van der Waals surface area contributed by atoms with Crippen LogP contribution in [0.25, 0.3) is 11.1 Å². The molecule has 1 heterocycles. The number of nitrogens with zero attached hydrogens (tertiary/aromatic N) is 1.